The minimum atomic E-state index is -0.862. The van der Waals surface area contributed by atoms with Gasteiger partial charge >= 0.3 is 0 Å². The van der Waals surface area contributed by atoms with Gasteiger partial charge in [-0.2, -0.15) is 0 Å². The zero-order valence-electron chi connectivity index (χ0n) is 12.4. The standard InChI is InChI=1S/C15H21N3O2/c1-5-12-13(19)17-15(3,4)14(20)18(12)10(2)11-7-6-8-16-9-11/h6-10,12H,5H2,1-4H3,(H,17,19). The van der Waals surface area contributed by atoms with Gasteiger partial charge in [0.05, 0.1) is 6.04 Å². The third-order valence-electron chi connectivity index (χ3n) is 3.81. The van der Waals surface area contributed by atoms with Crippen molar-refractivity contribution in [2.75, 3.05) is 0 Å². The van der Waals surface area contributed by atoms with E-state index in [0.29, 0.717) is 6.42 Å². The van der Waals surface area contributed by atoms with Crippen LogP contribution in [-0.2, 0) is 9.59 Å². The summed E-state index contributed by atoms with van der Waals surface area (Å²) in [4.78, 5) is 30.7. The maximum Gasteiger partial charge on any atom is 0.248 e. The molecule has 1 saturated heterocycles. The average molecular weight is 275 g/mol. The molecule has 0 radical (unpaired) electrons. The van der Waals surface area contributed by atoms with E-state index in [1.807, 2.05) is 26.0 Å². The Balaban J connectivity index is 2.39. The second kappa shape index (κ2) is 5.23. The molecule has 2 atom stereocenters. The fourth-order valence-corrected chi connectivity index (χ4v) is 2.65. The van der Waals surface area contributed by atoms with E-state index in [-0.39, 0.29) is 17.9 Å². The Kier molecular flexibility index (Phi) is 3.79. The number of pyridine rings is 1. The molecule has 2 unspecified atom stereocenters. The van der Waals surface area contributed by atoms with Crippen LogP contribution in [0.5, 0.6) is 0 Å². The predicted octanol–water partition coefficient (Wildman–Crippen LogP) is 1.66. The summed E-state index contributed by atoms with van der Waals surface area (Å²) in [6, 6.07) is 3.17. The third-order valence-corrected chi connectivity index (χ3v) is 3.81. The highest BCUT2D eigenvalue weighted by molar-refractivity contribution is 5.99. The highest BCUT2D eigenvalue weighted by Crippen LogP contribution is 2.29. The molecule has 1 N–H and O–H groups in total. The summed E-state index contributed by atoms with van der Waals surface area (Å²) in [5, 5.41) is 2.80. The molecule has 2 heterocycles. The van der Waals surface area contributed by atoms with Crippen molar-refractivity contribution in [3.05, 3.63) is 30.1 Å². The molecule has 2 amide bonds. The molecule has 108 valence electrons. The Labute approximate surface area is 119 Å². The normalized spacial score (nSPS) is 23.4. The summed E-state index contributed by atoms with van der Waals surface area (Å²) in [6.07, 6.45) is 4.03. The molecule has 5 nitrogen and oxygen atoms in total. The molecule has 0 spiro atoms. The summed E-state index contributed by atoms with van der Waals surface area (Å²) >= 11 is 0. The number of hydrogen-bond acceptors (Lipinski definition) is 3. The first-order valence-electron chi connectivity index (χ1n) is 6.93. The summed E-state index contributed by atoms with van der Waals surface area (Å²) in [5.41, 5.74) is 0.0731. The van der Waals surface area contributed by atoms with Crippen LogP contribution in [0.3, 0.4) is 0 Å². The molecular formula is C15H21N3O2. The van der Waals surface area contributed by atoms with Gasteiger partial charge in [-0.05, 0) is 38.8 Å². The van der Waals surface area contributed by atoms with Gasteiger partial charge in [-0.15, -0.1) is 0 Å². The molecule has 0 aromatic carbocycles. The van der Waals surface area contributed by atoms with E-state index >= 15 is 0 Å². The lowest BCUT2D eigenvalue weighted by atomic mass is 9.93. The van der Waals surface area contributed by atoms with E-state index in [9.17, 15) is 9.59 Å². The number of piperazine rings is 1. The molecule has 1 aromatic heterocycles. The lowest BCUT2D eigenvalue weighted by molar-refractivity contribution is -0.156. The number of carbonyl (C=O) groups is 2. The number of rotatable bonds is 3. The second-order valence-electron chi connectivity index (χ2n) is 5.71. The van der Waals surface area contributed by atoms with Gasteiger partial charge in [-0.3, -0.25) is 14.6 Å². The number of hydrogen-bond donors (Lipinski definition) is 1. The Morgan fingerprint density at radius 2 is 2.15 bits per heavy atom. The van der Waals surface area contributed by atoms with Gasteiger partial charge in [-0.1, -0.05) is 13.0 Å². The zero-order valence-corrected chi connectivity index (χ0v) is 12.4. The highest BCUT2D eigenvalue weighted by atomic mass is 16.2. The molecule has 0 bridgehead atoms. The van der Waals surface area contributed by atoms with Crippen LogP contribution in [0.25, 0.3) is 0 Å². The summed E-state index contributed by atoms with van der Waals surface area (Å²) in [5.74, 6) is -0.145. The topological polar surface area (TPSA) is 62.3 Å². The Bertz CT molecular complexity index is 513. The lowest BCUT2D eigenvalue weighted by Gasteiger charge is -2.45. The lowest BCUT2D eigenvalue weighted by Crippen LogP contribution is -2.68. The Morgan fingerprint density at radius 3 is 2.70 bits per heavy atom. The van der Waals surface area contributed by atoms with Crippen LogP contribution in [-0.4, -0.2) is 33.3 Å². The van der Waals surface area contributed by atoms with Crippen LogP contribution in [0.4, 0.5) is 0 Å². The number of carbonyl (C=O) groups excluding carboxylic acids is 2. The van der Waals surface area contributed by atoms with Gasteiger partial charge in [0.15, 0.2) is 0 Å². The molecule has 0 aliphatic carbocycles. The Hall–Kier alpha value is -1.91. The fraction of sp³-hybridized carbons (Fsp3) is 0.533. The molecule has 5 heteroatoms. The molecule has 1 aromatic rings. The maximum atomic E-state index is 12.7. The van der Waals surface area contributed by atoms with E-state index < -0.39 is 11.6 Å². The van der Waals surface area contributed by atoms with Crippen LogP contribution < -0.4 is 5.32 Å². The van der Waals surface area contributed by atoms with Crippen molar-refractivity contribution in [1.82, 2.24) is 15.2 Å². The van der Waals surface area contributed by atoms with Crippen molar-refractivity contribution >= 4 is 11.8 Å². The maximum absolute atomic E-state index is 12.7. The smallest absolute Gasteiger partial charge is 0.248 e. The fourth-order valence-electron chi connectivity index (χ4n) is 2.65. The number of amides is 2. The first kappa shape index (κ1) is 14.5. The molecule has 1 aliphatic heterocycles. The number of nitrogens with one attached hydrogen (secondary N) is 1. The minimum absolute atomic E-state index is 0.0553. The molecule has 1 fully saturated rings. The number of aromatic nitrogens is 1. The monoisotopic (exact) mass is 275 g/mol. The number of nitrogens with zero attached hydrogens (tertiary/aromatic N) is 2. The van der Waals surface area contributed by atoms with Crippen molar-refractivity contribution < 1.29 is 9.59 Å². The molecular weight excluding hydrogens is 254 g/mol. The van der Waals surface area contributed by atoms with Crippen molar-refractivity contribution in [2.45, 2.75) is 51.7 Å². The van der Waals surface area contributed by atoms with Crippen LogP contribution in [0, 0.1) is 0 Å². The first-order valence-corrected chi connectivity index (χ1v) is 6.93. The second-order valence-corrected chi connectivity index (χ2v) is 5.71. The molecule has 20 heavy (non-hydrogen) atoms. The van der Waals surface area contributed by atoms with E-state index in [4.69, 9.17) is 0 Å². The van der Waals surface area contributed by atoms with Crippen LogP contribution in [0.2, 0.25) is 0 Å². The summed E-state index contributed by atoms with van der Waals surface area (Å²) in [6.45, 7) is 7.33. The van der Waals surface area contributed by atoms with Gasteiger partial charge in [0.2, 0.25) is 11.8 Å². The zero-order chi connectivity index (χ0) is 14.9. The average Bonchev–Trinajstić information content (AvgIpc) is 2.42. The SMILES string of the molecule is CCC1C(=O)NC(C)(C)C(=O)N1C(C)c1cccnc1. The van der Waals surface area contributed by atoms with Crippen molar-refractivity contribution in [3.63, 3.8) is 0 Å². The van der Waals surface area contributed by atoms with Crippen molar-refractivity contribution in [3.8, 4) is 0 Å². The van der Waals surface area contributed by atoms with Gasteiger partial charge in [0.25, 0.3) is 0 Å². The van der Waals surface area contributed by atoms with Gasteiger partial charge in [-0.25, -0.2) is 0 Å². The summed E-state index contributed by atoms with van der Waals surface area (Å²) < 4.78 is 0. The highest BCUT2D eigenvalue weighted by Gasteiger charge is 2.46. The molecule has 2 rings (SSSR count). The predicted molar refractivity (Wildman–Crippen MR) is 75.8 cm³/mol. The van der Waals surface area contributed by atoms with Gasteiger partial charge in [0, 0.05) is 12.4 Å². The van der Waals surface area contributed by atoms with Gasteiger partial charge in [0.1, 0.15) is 11.6 Å². The van der Waals surface area contributed by atoms with Crippen molar-refractivity contribution in [1.29, 1.82) is 0 Å². The van der Waals surface area contributed by atoms with E-state index in [2.05, 4.69) is 10.3 Å². The third kappa shape index (κ3) is 2.40. The van der Waals surface area contributed by atoms with Crippen molar-refractivity contribution in [2.24, 2.45) is 0 Å². The van der Waals surface area contributed by atoms with E-state index in [0.717, 1.165) is 5.56 Å². The van der Waals surface area contributed by atoms with Gasteiger partial charge < -0.3 is 10.2 Å². The minimum Gasteiger partial charge on any atom is -0.340 e. The van der Waals surface area contributed by atoms with E-state index in [1.165, 1.54) is 0 Å². The quantitative estimate of drug-likeness (QED) is 0.912. The van der Waals surface area contributed by atoms with Crippen LogP contribution in [0.1, 0.15) is 45.7 Å². The molecule has 0 saturated carbocycles. The summed E-state index contributed by atoms with van der Waals surface area (Å²) in [7, 11) is 0. The van der Waals surface area contributed by atoms with Crippen LogP contribution in [0.15, 0.2) is 24.5 Å². The Morgan fingerprint density at radius 1 is 1.45 bits per heavy atom. The largest absolute Gasteiger partial charge is 0.340 e. The van der Waals surface area contributed by atoms with Crippen LogP contribution >= 0.6 is 0 Å². The van der Waals surface area contributed by atoms with E-state index in [1.54, 1.807) is 31.1 Å². The first-order chi connectivity index (χ1) is 9.38. The molecule has 1 aliphatic rings.